The van der Waals surface area contributed by atoms with Gasteiger partial charge in [-0.3, -0.25) is 4.79 Å². The zero-order valence-electron chi connectivity index (χ0n) is 8.07. The molecule has 1 saturated carbocycles. The Morgan fingerprint density at radius 3 is 2.64 bits per heavy atom. The van der Waals surface area contributed by atoms with Crippen LogP contribution in [0, 0.1) is 5.92 Å². The second-order valence-corrected chi connectivity index (χ2v) is 3.64. The summed E-state index contributed by atoms with van der Waals surface area (Å²) >= 11 is 0. The molecule has 1 fully saturated rings. The first-order valence-corrected chi connectivity index (χ1v) is 4.65. The van der Waals surface area contributed by atoms with Gasteiger partial charge in [0.15, 0.2) is 0 Å². The van der Waals surface area contributed by atoms with E-state index in [0.29, 0.717) is 5.92 Å². The van der Waals surface area contributed by atoms with Crippen molar-refractivity contribution in [3.63, 3.8) is 0 Å². The first-order valence-electron chi connectivity index (χ1n) is 4.65. The maximum absolute atomic E-state index is 11.2. The van der Waals surface area contributed by atoms with E-state index < -0.39 is 0 Å². The number of nitrogens with two attached hydrogens (primary N) is 1. The van der Waals surface area contributed by atoms with Gasteiger partial charge in [0.05, 0.1) is 13.0 Å². The van der Waals surface area contributed by atoms with Crippen molar-refractivity contribution in [2.75, 3.05) is 12.8 Å². The van der Waals surface area contributed by atoms with Crippen LogP contribution < -0.4 is 5.73 Å². The van der Waals surface area contributed by atoms with E-state index in [9.17, 15) is 4.79 Å². The van der Waals surface area contributed by atoms with Crippen LogP contribution in [-0.4, -0.2) is 13.1 Å². The van der Waals surface area contributed by atoms with Crippen molar-refractivity contribution in [1.82, 2.24) is 0 Å². The molecule has 0 aromatic heterocycles. The van der Waals surface area contributed by atoms with Crippen molar-refractivity contribution < 1.29 is 9.53 Å². The Morgan fingerprint density at radius 2 is 2.07 bits per heavy atom. The van der Waals surface area contributed by atoms with Gasteiger partial charge in [-0.25, -0.2) is 0 Å². The lowest BCUT2D eigenvalue weighted by Gasteiger charge is -2.00. The minimum absolute atomic E-state index is 0.0589. The molecule has 0 unspecified atom stereocenters. The molecule has 0 aliphatic heterocycles. The maximum atomic E-state index is 11.2. The molecule has 3 heteroatoms. The van der Waals surface area contributed by atoms with Crippen LogP contribution in [0.3, 0.4) is 0 Å². The van der Waals surface area contributed by atoms with E-state index in [1.807, 2.05) is 24.3 Å². The molecule has 74 valence electrons. The molecule has 0 spiro atoms. The molecule has 3 nitrogen and oxygen atoms in total. The van der Waals surface area contributed by atoms with Crippen LogP contribution in [0.2, 0.25) is 0 Å². The number of ether oxygens (including phenoxy) is 1. The topological polar surface area (TPSA) is 52.3 Å². The Hall–Kier alpha value is -1.51. The highest BCUT2D eigenvalue weighted by atomic mass is 16.5. The van der Waals surface area contributed by atoms with Gasteiger partial charge < -0.3 is 10.5 Å². The molecular formula is C11H13NO2. The lowest BCUT2D eigenvalue weighted by Crippen LogP contribution is -2.03. The third-order valence-corrected chi connectivity index (χ3v) is 2.66. The van der Waals surface area contributed by atoms with Gasteiger partial charge in [0.2, 0.25) is 0 Å². The molecule has 0 radical (unpaired) electrons. The van der Waals surface area contributed by atoms with Crippen LogP contribution in [0.1, 0.15) is 17.9 Å². The van der Waals surface area contributed by atoms with Crippen LogP contribution in [-0.2, 0) is 9.53 Å². The lowest BCUT2D eigenvalue weighted by atomic mass is 10.1. The smallest absolute Gasteiger partial charge is 0.309 e. The Morgan fingerprint density at radius 1 is 1.43 bits per heavy atom. The summed E-state index contributed by atoms with van der Waals surface area (Å²) in [5.41, 5.74) is 7.51. The summed E-state index contributed by atoms with van der Waals surface area (Å²) in [5.74, 6) is 0.290. The highest BCUT2D eigenvalue weighted by Gasteiger charge is 2.44. The van der Waals surface area contributed by atoms with Gasteiger partial charge in [0.1, 0.15) is 0 Å². The predicted octanol–water partition coefficient (Wildman–Crippen LogP) is 1.55. The number of benzene rings is 1. The van der Waals surface area contributed by atoms with Crippen molar-refractivity contribution in [3.05, 3.63) is 29.8 Å². The third kappa shape index (κ3) is 1.58. The fourth-order valence-corrected chi connectivity index (χ4v) is 1.72. The first-order chi connectivity index (χ1) is 6.72. The minimum atomic E-state index is -0.105. The van der Waals surface area contributed by atoms with E-state index in [1.54, 1.807) is 0 Å². The van der Waals surface area contributed by atoms with E-state index in [1.165, 1.54) is 12.7 Å². The van der Waals surface area contributed by atoms with Crippen molar-refractivity contribution in [2.24, 2.45) is 5.92 Å². The van der Waals surface area contributed by atoms with Crippen LogP contribution in [0.15, 0.2) is 24.3 Å². The summed E-state index contributed by atoms with van der Waals surface area (Å²) in [4.78, 5) is 11.2. The fourth-order valence-electron chi connectivity index (χ4n) is 1.72. The van der Waals surface area contributed by atoms with Crippen LogP contribution in [0.4, 0.5) is 5.69 Å². The van der Waals surface area contributed by atoms with E-state index in [4.69, 9.17) is 5.73 Å². The van der Waals surface area contributed by atoms with E-state index in [-0.39, 0.29) is 11.9 Å². The molecule has 14 heavy (non-hydrogen) atoms. The standard InChI is InChI=1S/C11H13NO2/c1-14-11(13)10-6-9(10)7-2-4-8(12)5-3-7/h2-5,9-10H,6,12H2,1H3/t9-,10+/m1/s1. The number of esters is 1. The van der Waals surface area contributed by atoms with E-state index >= 15 is 0 Å². The van der Waals surface area contributed by atoms with Crippen LogP contribution >= 0.6 is 0 Å². The number of nitrogen functional groups attached to an aromatic ring is 1. The van der Waals surface area contributed by atoms with E-state index in [0.717, 1.165) is 12.1 Å². The number of rotatable bonds is 2. The molecule has 0 bridgehead atoms. The molecule has 2 atom stereocenters. The van der Waals surface area contributed by atoms with Crippen molar-refractivity contribution in [1.29, 1.82) is 0 Å². The van der Waals surface area contributed by atoms with Crippen molar-refractivity contribution >= 4 is 11.7 Å². The predicted molar refractivity (Wildman–Crippen MR) is 53.7 cm³/mol. The number of anilines is 1. The third-order valence-electron chi connectivity index (χ3n) is 2.66. The average Bonchev–Trinajstić information content (AvgIpc) is 2.98. The molecule has 1 aromatic rings. The molecule has 0 saturated heterocycles. The van der Waals surface area contributed by atoms with Crippen molar-refractivity contribution in [2.45, 2.75) is 12.3 Å². The van der Waals surface area contributed by atoms with Gasteiger partial charge in [-0.15, -0.1) is 0 Å². The zero-order valence-corrected chi connectivity index (χ0v) is 8.07. The van der Waals surface area contributed by atoms with Gasteiger partial charge in [0.25, 0.3) is 0 Å². The molecule has 2 N–H and O–H groups in total. The maximum Gasteiger partial charge on any atom is 0.309 e. The molecule has 1 aromatic carbocycles. The number of carbonyl (C=O) groups is 1. The van der Waals surface area contributed by atoms with E-state index in [2.05, 4.69) is 4.74 Å². The first kappa shape index (κ1) is 9.06. The Labute approximate surface area is 82.9 Å². The average molecular weight is 191 g/mol. The largest absolute Gasteiger partial charge is 0.469 e. The minimum Gasteiger partial charge on any atom is -0.469 e. The summed E-state index contributed by atoms with van der Waals surface area (Å²) in [6.07, 6.45) is 0.899. The zero-order chi connectivity index (χ0) is 10.1. The second-order valence-electron chi connectivity index (χ2n) is 3.64. The molecular weight excluding hydrogens is 178 g/mol. The summed E-state index contributed by atoms with van der Waals surface area (Å²) in [7, 11) is 1.43. The van der Waals surface area contributed by atoms with Gasteiger partial charge in [-0.05, 0) is 30.0 Å². The number of hydrogen-bond acceptors (Lipinski definition) is 3. The lowest BCUT2D eigenvalue weighted by molar-refractivity contribution is -0.142. The fraction of sp³-hybridized carbons (Fsp3) is 0.364. The van der Waals surface area contributed by atoms with Gasteiger partial charge in [-0.1, -0.05) is 12.1 Å². The quantitative estimate of drug-likeness (QED) is 0.570. The SMILES string of the molecule is COC(=O)[C@H]1C[C@@H]1c1ccc(N)cc1. The summed E-state index contributed by atoms with van der Waals surface area (Å²) in [6, 6.07) is 7.68. The number of hydrogen-bond donors (Lipinski definition) is 1. The Balaban J connectivity index is 2.06. The summed E-state index contributed by atoms with van der Waals surface area (Å²) in [5, 5.41) is 0. The van der Waals surface area contributed by atoms with Gasteiger partial charge >= 0.3 is 5.97 Å². The van der Waals surface area contributed by atoms with Crippen LogP contribution in [0.25, 0.3) is 0 Å². The molecule has 1 aliphatic carbocycles. The molecule has 1 aliphatic rings. The molecule has 0 heterocycles. The molecule has 2 rings (SSSR count). The Bertz CT molecular complexity index is 345. The van der Waals surface area contributed by atoms with Gasteiger partial charge in [0, 0.05) is 5.69 Å². The van der Waals surface area contributed by atoms with Crippen LogP contribution in [0.5, 0.6) is 0 Å². The molecule has 0 amide bonds. The highest BCUT2D eigenvalue weighted by molar-refractivity contribution is 5.77. The highest BCUT2D eigenvalue weighted by Crippen LogP contribution is 2.48. The Kier molecular flexibility index (Phi) is 2.15. The number of methoxy groups -OCH3 is 1. The number of carbonyl (C=O) groups excluding carboxylic acids is 1. The normalized spacial score (nSPS) is 24.4. The monoisotopic (exact) mass is 191 g/mol. The summed E-state index contributed by atoms with van der Waals surface area (Å²) in [6.45, 7) is 0. The van der Waals surface area contributed by atoms with Crippen molar-refractivity contribution in [3.8, 4) is 0 Å². The van der Waals surface area contributed by atoms with Gasteiger partial charge in [-0.2, -0.15) is 0 Å². The second kappa shape index (κ2) is 3.33. The summed E-state index contributed by atoms with van der Waals surface area (Å²) < 4.78 is 4.69.